The van der Waals surface area contributed by atoms with Crippen molar-refractivity contribution >= 4 is 17.8 Å². The van der Waals surface area contributed by atoms with Gasteiger partial charge in [0.15, 0.2) is 0 Å². The van der Waals surface area contributed by atoms with Crippen LogP contribution in [0.3, 0.4) is 0 Å². The highest BCUT2D eigenvalue weighted by Crippen LogP contribution is 2.26. The minimum absolute atomic E-state index is 0.0531. The van der Waals surface area contributed by atoms with Crippen LogP contribution >= 0.6 is 0 Å². The number of ketones is 1. The molecule has 0 unspecified atom stereocenters. The van der Waals surface area contributed by atoms with Gasteiger partial charge >= 0.3 is 11.9 Å². The Morgan fingerprint density at radius 3 is 2.35 bits per heavy atom. The first-order valence-electron chi connectivity index (χ1n) is 7.78. The van der Waals surface area contributed by atoms with E-state index in [1.54, 1.807) is 30.3 Å². The summed E-state index contributed by atoms with van der Waals surface area (Å²) < 4.78 is 32.3. The Labute approximate surface area is 135 Å². The van der Waals surface area contributed by atoms with E-state index in [0.717, 1.165) is 12.8 Å². The summed E-state index contributed by atoms with van der Waals surface area (Å²) in [7, 11) is 0. The SMILES string of the molecule is CCCCC/C(=C\c1ccccc1)C(=O)C(F)(F)C(=O)OCC. The number of esters is 1. The molecule has 1 aromatic rings. The quantitative estimate of drug-likeness (QED) is 0.292. The number of halogens is 2. The van der Waals surface area contributed by atoms with Crippen LogP contribution in [0, 0.1) is 0 Å². The maximum atomic E-state index is 14.0. The van der Waals surface area contributed by atoms with Crippen molar-refractivity contribution in [3.05, 3.63) is 41.5 Å². The normalized spacial score (nSPS) is 12.1. The van der Waals surface area contributed by atoms with Crippen molar-refractivity contribution < 1.29 is 23.1 Å². The molecule has 0 amide bonds. The molecule has 0 aliphatic rings. The van der Waals surface area contributed by atoms with Gasteiger partial charge in [-0.15, -0.1) is 0 Å². The molecule has 0 heterocycles. The maximum Gasteiger partial charge on any atom is 0.403 e. The third kappa shape index (κ3) is 5.58. The number of allylic oxidation sites excluding steroid dienone is 1. The molecule has 3 nitrogen and oxygen atoms in total. The standard InChI is InChI=1S/C18H22F2O3/c1-3-5-7-12-15(13-14-10-8-6-9-11-14)16(21)18(19,20)17(22)23-4-2/h6,8-11,13H,3-5,7,12H2,1-2H3/b15-13+. The van der Waals surface area contributed by atoms with E-state index >= 15 is 0 Å². The van der Waals surface area contributed by atoms with Crippen molar-refractivity contribution in [2.45, 2.75) is 45.5 Å². The molecule has 0 radical (unpaired) electrons. The molecule has 0 N–H and O–H groups in total. The first kappa shape index (κ1) is 19.0. The summed E-state index contributed by atoms with van der Waals surface area (Å²) in [6, 6.07) is 8.74. The largest absolute Gasteiger partial charge is 0.461 e. The molecule has 0 fully saturated rings. The Hall–Kier alpha value is -2.04. The Balaban J connectivity index is 3.05. The maximum absolute atomic E-state index is 14.0. The van der Waals surface area contributed by atoms with E-state index in [2.05, 4.69) is 4.74 Å². The van der Waals surface area contributed by atoms with Crippen molar-refractivity contribution in [3.63, 3.8) is 0 Å². The highest BCUT2D eigenvalue weighted by Gasteiger charge is 2.49. The molecule has 1 rings (SSSR count). The van der Waals surface area contributed by atoms with Gasteiger partial charge in [0.1, 0.15) is 0 Å². The molecule has 0 spiro atoms. The van der Waals surface area contributed by atoms with E-state index in [1.165, 1.54) is 13.0 Å². The topological polar surface area (TPSA) is 43.4 Å². The van der Waals surface area contributed by atoms with Gasteiger partial charge in [0, 0.05) is 5.57 Å². The Morgan fingerprint density at radius 1 is 1.13 bits per heavy atom. The van der Waals surface area contributed by atoms with Crippen LogP contribution in [-0.2, 0) is 14.3 Å². The van der Waals surface area contributed by atoms with Crippen molar-refractivity contribution in [2.75, 3.05) is 6.61 Å². The van der Waals surface area contributed by atoms with Gasteiger partial charge in [0.05, 0.1) is 6.61 Å². The molecule has 23 heavy (non-hydrogen) atoms. The molecule has 0 saturated heterocycles. The summed E-state index contributed by atoms with van der Waals surface area (Å²) in [6.45, 7) is 3.20. The lowest BCUT2D eigenvalue weighted by Crippen LogP contribution is -2.40. The van der Waals surface area contributed by atoms with Gasteiger partial charge in [0.25, 0.3) is 0 Å². The molecular weight excluding hydrogens is 302 g/mol. The molecule has 0 aliphatic heterocycles. The van der Waals surface area contributed by atoms with Gasteiger partial charge in [-0.05, 0) is 31.4 Å². The zero-order valence-electron chi connectivity index (χ0n) is 13.5. The number of rotatable bonds is 9. The van der Waals surface area contributed by atoms with E-state index in [0.29, 0.717) is 12.0 Å². The minimum Gasteiger partial charge on any atom is -0.461 e. The fourth-order valence-electron chi connectivity index (χ4n) is 2.08. The Morgan fingerprint density at radius 2 is 1.78 bits per heavy atom. The summed E-state index contributed by atoms with van der Waals surface area (Å²) in [5.74, 6) is -7.42. The predicted molar refractivity (Wildman–Crippen MR) is 85.1 cm³/mol. The summed E-state index contributed by atoms with van der Waals surface area (Å²) in [6.07, 6.45) is 3.97. The zero-order chi connectivity index (χ0) is 17.3. The van der Waals surface area contributed by atoms with Crippen LogP contribution in [0.4, 0.5) is 8.78 Å². The van der Waals surface area contributed by atoms with Gasteiger partial charge < -0.3 is 4.74 Å². The van der Waals surface area contributed by atoms with E-state index in [-0.39, 0.29) is 18.6 Å². The number of alkyl halides is 2. The lowest BCUT2D eigenvalue weighted by atomic mass is 9.97. The average Bonchev–Trinajstić information content (AvgIpc) is 2.54. The fourth-order valence-corrected chi connectivity index (χ4v) is 2.08. The molecule has 5 heteroatoms. The van der Waals surface area contributed by atoms with E-state index < -0.39 is 17.7 Å². The Bertz CT molecular complexity index is 551. The van der Waals surface area contributed by atoms with Crippen molar-refractivity contribution in [2.24, 2.45) is 0 Å². The molecule has 0 aromatic heterocycles. The average molecular weight is 324 g/mol. The van der Waals surface area contributed by atoms with Gasteiger partial charge in [-0.1, -0.05) is 50.1 Å². The minimum atomic E-state index is -4.15. The smallest absolute Gasteiger partial charge is 0.403 e. The highest BCUT2D eigenvalue weighted by atomic mass is 19.3. The van der Waals surface area contributed by atoms with Gasteiger partial charge in [-0.25, -0.2) is 4.79 Å². The van der Waals surface area contributed by atoms with E-state index in [1.807, 2.05) is 6.92 Å². The van der Waals surface area contributed by atoms with Crippen LogP contribution < -0.4 is 0 Å². The Kier molecular flexibility index (Phi) is 7.59. The fraction of sp³-hybridized carbons (Fsp3) is 0.444. The first-order valence-corrected chi connectivity index (χ1v) is 7.78. The number of benzene rings is 1. The van der Waals surface area contributed by atoms with Crippen LogP contribution in [0.15, 0.2) is 35.9 Å². The summed E-state index contributed by atoms with van der Waals surface area (Å²) >= 11 is 0. The third-order valence-electron chi connectivity index (χ3n) is 3.30. The van der Waals surface area contributed by atoms with Gasteiger partial charge in [-0.3, -0.25) is 4.79 Å². The number of carbonyl (C=O) groups is 2. The highest BCUT2D eigenvalue weighted by molar-refractivity contribution is 6.15. The second-order valence-electron chi connectivity index (χ2n) is 5.16. The van der Waals surface area contributed by atoms with Crippen molar-refractivity contribution in [1.29, 1.82) is 0 Å². The molecule has 0 atom stereocenters. The number of unbranched alkanes of at least 4 members (excludes halogenated alkanes) is 2. The number of Topliss-reactive ketones (excluding diaryl/α,β-unsaturated/α-hetero) is 1. The van der Waals surface area contributed by atoms with E-state index in [9.17, 15) is 18.4 Å². The lowest BCUT2D eigenvalue weighted by Gasteiger charge is -2.15. The predicted octanol–water partition coefficient (Wildman–Crippen LogP) is 4.42. The molecular formula is C18H22F2O3. The number of ether oxygens (including phenoxy) is 1. The molecule has 0 aliphatic carbocycles. The molecule has 0 bridgehead atoms. The van der Waals surface area contributed by atoms with Crippen LogP contribution in [0.1, 0.15) is 45.1 Å². The number of hydrogen-bond donors (Lipinski definition) is 0. The summed E-state index contributed by atoms with van der Waals surface area (Å²) in [4.78, 5) is 23.5. The molecule has 126 valence electrons. The molecule has 0 saturated carbocycles. The summed E-state index contributed by atoms with van der Waals surface area (Å²) in [5.41, 5.74) is 0.592. The van der Waals surface area contributed by atoms with Crippen molar-refractivity contribution in [1.82, 2.24) is 0 Å². The zero-order valence-corrected chi connectivity index (χ0v) is 13.5. The van der Waals surface area contributed by atoms with Crippen LogP contribution in [0.5, 0.6) is 0 Å². The summed E-state index contributed by atoms with van der Waals surface area (Å²) in [5, 5.41) is 0. The number of carbonyl (C=O) groups excluding carboxylic acids is 2. The number of hydrogen-bond acceptors (Lipinski definition) is 3. The van der Waals surface area contributed by atoms with Crippen LogP contribution in [-0.4, -0.2) is 24.3 Å². The first-order chi connectivity index (χ1) is 10.9. The van der Waals surface area contributed by atoms with Crippen molar-refractivity contribution in [3.8, 4) is 0 Å². The van der Waals surface area contributed by atoms with Gasteiger partial charge in [-0.2, -0.15) is 8.78 Å². The van der Waals surface area contributed by atoms with Gasteiger partial charge in [0.2, 0.25) is 5.78 Å². The van der Waals surface area contributed by atoms with Crippen LogP contribution in [0.25, 0.3) is 6.08 Å². The van der Waals surface area contributed by atoms with Crippen LogP contribution in [0.2, 0.25) is 0 Å². The second kappa shape index (κ2) is 9.18. The third-order valence-corrected chi connectivity index (χ3v) is 3.30. The lowest BCUT2D eigenvalue weighted by molar-refractivity contribution is -0.174. The monoisotopic (exact) mass is 324 g/mol. The van der Waals surface area contributed by atoms with E-state index in [4.69, 9.17) is 0 Å². The second-order valence-corrected chi connectivity index (χ2v) is 5.16. The molecule has 1 aromatic carbocycles.